The van der Waals surface area contributed by atoms with E-state index in [0.717, 1.165) is 18.2 Å². The quantitative estimate of drug-likeness (QED) is 0.933. The van der Waals surface area contributed by atoms with Crippen molar-refractivity contribution in [3.63, 3.8) is 0 Å². The summed E-state index contributed by atoms with van der Waals surface area (Å²) in [4.78, 5) is 21.2. The second-order valence-electron chi connectivity index (χ2n) is 5.03. The van der Waals surface area contributed by atoms with Crippen molar-refractivity contribution < 1.29 is 23.1 Å². The molecule has 1 aliphatic heterocycles. The Morgan fingerprint density at radius 2 is 2.21 bits per heavy atom. The summed E-state index contributed by atoms with van der Waals surface area (Å²) in [5, 5.41) is 6.31. The number of hydrogen-bond acceptors (Lipinski definition) is 5. The maximum Gasteiger partial charge on any atom is 0.268 e. The van der Waals surface area contributed by atoms with Crippen LogP contribution in [-0.2, 0) is 9.63 Å². The average Bonchev–Trinajstić information content (AvgIpc) is 3.07. The Labute approximate surface area is 136 Å². The molecular weight excluding hydrogens is 320 g/mol. The van der Waals surface area contributed by atoms with Crippen molar-refractivity contribution in [1.29, 1.82) is 0 Å². The minimum Gasteiger partial charge on any atom is -0.494 e. The third-order valence-corrected chi connectivity index (χ3v) is 3.46. The van der Waals surface area contributed by atoms with E-state index in [-0.39, 0.29) is 17.7 Å². The molecule has 0 unspecified atom stereocenters. The monoisotopic (exact) mass is 333 g/mol. The number of oxime groups is 1. The number of aromatic nitrogens is 1. The number of anilines is 1. The molecule has 0 spiro atoms. The van der Waals surface area contributed by atoms with E-state index in [2.05, 4.69) is 15.5 Å². The van der Waals surface area contributed by atoms with Crippen molar-refractivity contribution in [3.8, 4) is 5.75 Å². The number of ether oxygens (including phenoxy) is 1. The first-order valence-electron chi connectivity index (χ1n) is 7.05. The fourth-order valence-electron chi connectivity index (χ4n) is 2.26. The van der Waals surface area contributed by atoms with E-state index in [9.17, 15) is 13.6 Å². The van der Waals surface area contributed by atoms with Crippen LogP contribution in [0.1, 0.15) is 12.0 Å². The third-order valence-electron chi connectivity index (χ3n) is 3.46. The van der Waals surface area contributed by atoms with E-state index >= 15 is 0 Å². The number of methoxy groups -OCH3 is 1. The summed E-state index contributed by atoms with van der Waals surface area (Å²) < 4.78 is 32.1. The average molecular weight is 333 g/mol. The molecule has 0 radical (unpaired) electrons. The van der Waals surface area contributed by atoms with Crippen LogP contribution < -0.4 is 10.1 Å². The molecule has 1 aliphatic rings. The molecule has 0 saturated heterocycles. The summed E-state index contributed by atoms with van der Waals surface area (Å²) >= 11 is 0. The molecule has 8 heteroatoms. The lowest BCUT2D eigenvalue weighted by Gasteiger charge is -2.11. The van der Waals surface area contributed by atoms with Gasteiger partial charge in [-0.15, -0.1) is 0 Å². The van der Waals surface area contributed by atoms with Gasteiger partial charge in [-0.05, 0) is 18.2 Å². The van der Waals surface area contributed by atoms with E-state index in [1.54, 1.807) is 6.07 Å². The molecule has 124 valence electrons. The molecule has 3 rings (SSSR count). The number of rotatable bonds is 4. The van der Waals surface area contributed by atoms with Gasteiger partial charge in [-0.2, -0.15) is 0 Å². The van der Waals surface area contributed by atoms with Crippen molar-refractivity contribution in [1.82, 2.24) is 4.98 Å². The Hall–Kier alpha value is -3.03. The first kappa shape index (κ1) is 15.9. The highest BCUT2D eigenvalue weighted by Crippen LogP contribution is 2.24. The molecule has 24 heavy (non-hydrogen) atoms. The lowest BCUT2D eigenvalue weighted by Crippen LogP contribution is -2.28. The summed E-state index contributed by atoms with van der Waals surface area (Å²) in [6, 6.07) is 4.62. The number of carbonyl (C=O) groups is 1. The van der Waals surface area contributed by atoms with Crippen molar-refractivity contribution >= 4 is 17.3 Å². The van der Waals surface area contributed by atoms with Crippen LogP contribution in [0.3, 0.4) is 0 Å². The highest BCUT2D eigenvalue weighted by atomic mass is 19.1. The van der Waals surface area contributed by atoms with E-state index in [1.807, 2.05) is 0 Å². The van der Waals surface area contributed by atoms with Gasteiger partial charge < -0.3 is 14.9 Å². The zero-order valence-electron chi connectivity index (χ0n) is 12.6. The van der Waals surface area contributed by atoms with Gasteiger partial charge in [-0.25, -0.2) is 8.78 Å². The SMILES string of the molecule is COc1ccncc1NC(=O)[C@H]1CC(c2cc(F)ccc2F)=NO1. The normalized spacial score (nSPS) is 16.3. The largest absolute Gasteiger partial charge is 0.494 e. The smallest absolute Gasteiger partial charge is 0.268 e. The Kier molecular flexibility index (Phi) is 4.37. The first-order chi connectivity index (χ1) is 11.6. The molecule has 1 N–H and O–H groups in total. The molecule has 2 heterocycles. The number of pyridine rings is 1. The molecule has 1 amide bonds. The summed E-state index contributed by atoms with van der Waals surface area (Å²) in [7, 11) is 1.46. The molecule has 0 saturated carbocycles. The van der Waals surface area contributed by atoms with Crippen LogP contribution in [-0.4, -0.2) is 29.8 Å². The van der Waals surface area contributed by atoms with Gasteiger partial charge in [0, 0.05) is 24.2 Å². The number of nitrogens with zero attached hydrogens (tertiary/aromatic N) is 2. The summed E-state index contributed by atoms with van der Waals surface area (Å²) in [6.45, 7) is 0. The predicted octanol–water partition coefficient (Wildman–Crippen LogP) is 2.50. The molecule has 0 aliphatic carbocycles. The predicted molar refractivity (Wildman–Crippen MR) is 81.8 cm³/mol. The lowest BCUT2D eigenvalue weighted by atomic mass is 10.0. The van der Waals surface area contributed by atoms with Crippen LogP contribution in [0.15, 0.2) is 41.8 Å². The van der Waals surface area contributed by atoms with Gasteiger partial charge in [-0.3, -0.25) is 9.78 Å². The number of nitrogens with one attached hydrogen (secondary N) is 1. The van der Waals surface area contributed by atoms with E-state index in [1.165, 1.54) is 19.5 Å². The zero-order chi connectivity index (χ0) is 17.1. The van der Waals surface area contributed by atoms with Crippen LogP contribution in [0, 0.1) is 11.6 Å². The zero-order valence-corrected chi connectivity index (χ0v) is 12.6. The molecule has 1 aromatic carbocycles. The summed E-state index contributed by atoms with van der Waals surface area (Å²) in [5.41, 5.74) is 0.522. The van der Waals surface area contributed by atoms with Crippen molar-refractivity contribution in [2.75, 3.05) is 12.4 Å². The Morgan fingerprint density at radius 3 is 3.00 bits per heavy atom. The molecule has 2 aromatic rings. The Balaban J connectivity index is 1.70. The van der Waals surface area contributed by atoms with E-state index < -0.39 is 23.6 Å². The molecule has 0 fully saturated rings. The van der Waals surface area contributed by atoms with Gasteiger partial charge >= 0.3 is 0 Å². The molecular formula is C16H13F2N3O3. The van der Waals surface area contributed by atoms with Crippen LogP contribution in [0.4, 0.5) is 14.5 Å². The van der Waals surface area contributed by atoms with Crippen molar-refractivity contribution in [3.05, 3.63) is 53.9 Å². The molecule has 0 bridgehead atoms. The first-order valence-corrected chi connectivity index (χ1v) is 7.05. The second kappa shape index (κ2) is 6.61. The number of halogens is 2. The third kappa shape index (κ3) is 3.17. The maximum atomic E-state index is 13.8. The summed E-state index contributed by atoms with van der Waals surface area (Å²) in [5.74, 6) is -1.28. The van der Waals surface area contributed by atoms with Crippen LogP contribution >= 0.6 is 0 Å². The fraction of sp³-hybridized carbons (Fsp3) is 0.188. The van der Waals surface area contributed by atoms with Crippen molar-refractivity contribution in [2.24, 2.45) is 5.16 Å². The topological polar surface area (TPSA) is 72.8 Å². The van der Waals surface area contributed by atoms with Gasteiger partial charge in [0.25, 0.3) is 5.91 Å². The fourth-order valence-corrected chi connectivity index (χ4v) is 2.26. The minimum atomic E-state index is -0.951. The van der Waals surface area contributed by atoms with Crippen LogP contribution in [0.25, 0.3) is 0 Å². The van der Waals surface area contributed by atoms with Gasteiger partial charge in [-0.1, -0.05) is 5.16 Å². The standard InChI is InChI=1S/C16H13F2N3O3/c1-23-14-4-5-19-8-13(14)20-16(22)15-7-12(21-24-15)10-6-9(17)2-3-11(10)18/h2-6,8,15H,7H2,1H3,(H,20,22)/t15-/m1/s1. The highest BCUT2D eigenvalue weighted by molar-refractivity contribution is 6.06. The summed E-state index contributed by atoms with van der Waals surface area (Å²) in [6.07, 6.45) is 2.02. The highest BCUT2D eigenvalue weighted by Gasteiger charge is 2.30. The lowest BCUT2D eigenvalue weighted by molar-refractivity contribution is -0.125. The Bertz CT molecular complexity index is 811. The second-order valence-corrected chi connectivity index (χ2v) is 5.03. The van der Waals surface area contributed by atoms with E-state index in [0.29, 0.717) is 11.4 Å². The van der Waals surface area contributed by atoms with E-state index in [4.69, 9.17) is 9.57 Å². The molecule has 1 aromatic heterocycles. The van der Waals surface area contributed by atoms with Gasteiger partial charge in [0.1, 0.15) is 23.1 Å². The number of hydrogen-bond donors (Lipinski definition) is 1. The van der Waals surface area contributed by atoms with Crippen LogP contribution in [0.5, 0.6) is 5.75 Å². The molecule has 1 atom stereocenters. The van der Waals surface area contributed by atoms with Crippen LogP contribution in [0.2, 0.25) is 0 Å². The number of benzene rings is 1. The van der Waals surface area contributed by atoms with Crippen molar-refractivity contribution in [2.45, 2.75) is 12.5 Å². The van der Waals surface area contributed by atoms with Gasteiger partial charge in [0.2, 0.25) is 6.10 Å². The van der Waals surface area contributed by atoms with Gasteiger partial charge in [0.15, 0.2) is 0 Å². The molecule has 6 nitrogen and oxygen atoms in total. The Morgan fingerprint density at radius 1 is 1.38 bits per heavy atom. The maximum absolute atomic E-state index is 13.8. The van der Waals surface area contributed by atoms with Gasteiger partial charge in [0.05, 0.1) is 19.0 Å². The number of carbonyl (C=O) groups excluding carboxylic acids is 1. The number of amides is 1. The minimum absolute atomic E-state index is 0.0226.